The van der Waals surface area contributed by atoms with Crippen molar-refractivity contribution in [3.05, 3.63) is 41.7 Å². The molecule has 0 saturated carbocycles. The van der Waals surface area contributed by atoms with Crippen LogP contribution in [0.1, 0.15) is 18.3 Å². The fourth-order valence-electron chi connectivity index (χ4n) is 2.47. The van der Waals surface area contributed by atoms with Gasteiger partial charge in [0.05, 0.1) is 18.1 Å². The zero-order valence-corrected chi connectivity index (χ0v) is 16.2. The van der Waals surface area contributed by atoms with Crippen molar-refractivity contribution in [2.24, 2.45) is 0 Å². The minimum atomic E-state index is -0.167. The highest BCUT2D eigenvalue weighted by molar-refractivity contribution is 7.99. The van der Waals surface area contributed by atoms with Gasteiger partial charge in [0.25, 0.3) is 5.95 Å². The van der Waals surface area contributed by atoms with Crippen molar-refractivity contribution < 1.29 is 9.53 Å². The van der Waals surface area contributed by atoms with Crippen molar-refractivity contribution in [1.29, 1.82) is 0 Å². The molecule has 10 heteroatoms. The molecule has 0 bridgehead atoms. The molecule has 0 fully saturated rings. The third kappa shape index (κ3) is 4.40. The quantitative estimate of drug-likeness (QED) is 0.470. The summed E-state index contributed by atoms with van der Waals surface area (Å²) in [5, 5.41) is 15.7. The number of nitrogens with zero attached hydrogens (tertiary/aromatic N) is 5. The summed E-state index contributed by atoms with van der Waals surface area (Å²) in [5.74, 6) is 7.21. The second-order valence-electron chi connectivity index (χ2n) is 5.79. The van der Waals surface area contributed by atoms with Crippen LogP contribution in [0.5, 0.6) is 5.75 Å². The Morgan fingerprint density at radius 3 is 2.63 bits per heavy atom. The van der Waals surface area contributed by atoms with Crippen LogP contribution in [0, 0.1) is 13.8 Å². The number of anilines is 1. The zero-order chi connectivity index (χ0) is 19.4. The Kier molecular flexibility index (Phi) is 5.65. The number of hydrogen-bond acceptors (Lipinski definition) is 7. The maximum Gasteiger partial charge on any atom is 0.271 e. The molecule has 3 aromatic rings. The summed E-state index contributed by atoms with van der Waals surface area (Å²) < 4.78 is 8.32. The van der Waals surface area contributed by atoms with E-state index >= 15 is 0 Å². The number of nitrogens with two attached hydrogens (primary N) is 1. The van der Waals surface area contributed by atoms with E-state index in [4.69, 9.17) is 10.6 Å². The number of carbonyl (C=O) groups excluding carboxylic acids is 1. The van der Waals surface area contributed by atoms with Gasteiger partial charge >= 0.3 is 0 Å². The van der Waals surface area contributed by atoms with E-state index in [0.717, 1.165) is 17.1 Å². The molecule has 0 atom stereocenters. The maximum absolute atomic E-state index is 12.2. The van der Waals surface area contributed by atoms with Gasteiger partial charge < -0.3 is 15.9 Å². The lowest BCUT2D eigenvalue weighted by Gasteiger charge is -2.07. The van der Waals surface area contributed by atoms with Crippen LogP contribution in [-0.2, 0) is 4.79 Å². The summed E-state index contributed by atoms with van der Waals surface area (Å²) in [6, 6.07) is 9.12. The average molecular weight is 387 g/mol. The summed E-state index contributed by atoms with van der Waals surface area (Å²) in [5.41, 5.74) is 2.46. The average Bonchev–Trinajstić information content (AvgIpc) is 3.16. The highest BCUT2D eigenvalue weighted by Gasteiger charge is 2.16. The summed E-state index contributed by atoms with van der Waals surface area (Å²) in [7, 11) is 0. The molecule has 2 heterocycles. The van der Waals surface area contributed by atoms with Gasteiger partial charge in [-0.1, -0.05) is 11.8 Å². The first-order chi connectivity index (χ1) is 13.0. The second-order valence-corrected chi connectivity index (χ2v) is 6.73. The standard InChI is InChI=1S/C17H21N7O2S/c1-4-26-14-7-5-13(6-8-14)19-15(25)10-27-17-21-20-16(23(17)18)24-12(3)9-11(2)22-24/h5-9H,4,10,18H2,1-3H3,(H,19,25). The number of benzene rings is 1. The molecule has 0 aliphatic heterocycles. The molecular weight excluding hydrogens is 366 g/mol. The molecule has 0 spiro atoms. The molecule has 9 nitrogen and oxygen atoms in total. The van der Waals surface area contributed by atoms with Gasteiger partial charge in [-0.3, -0.25) is 4.79 Å². The van der Waals surface area contributed by atoms with Gasteiger partial charge in [0, 0.05) is 11.4 Å². The van der Waals surface area contributed by atoms with Crippen molar-refractivity contribution in [3.8, 4) is 11.7 Å². The Balaban J connectivity index is 1.60. The van der Waals surface area contributed by atoms with Crippen LogP contribution in [0.3, 0.4) is 0 Å². The number of ether oxygens (including phenoxy) is 1. The number of thioether (sulfide) groups is 1. The molecule has 0 radical (unpaired) electrons. The van der Waals surface area contributed by atoms with Crippen molar-refractivity contribution in [2.45, 2.75) is 25.9 Å². The highest BCUT2D eigenvalue weighted by atomic mass is 32.2. The maximum atomic E-state index is 12.2. The van der Waals surface area contributed by atoms with E-state index in [2.05, 4.69) is 20.6 Å². The van der Waals surface area contributed by atoms with E-state index in [1.54, 1.807) is 16.8 Å². The van der Waals surface area contributed by atoms with E-state index in [0.29, 0.717) is 23.4 Å². The molecular formula is C17H21N7O2S. The number of aryl methyl sites for hydroxylation is 2. The zero-order valence-electron chi connectivity index (χ0n) is 15.3. The number of rotatable bonds is 7. The topological polar surface area (TPSA) is 113 Å². The second kappa shape index (κ2) is 8.12. The molecule has 142 valence electrons. The monoisotopic (exact) mass is 387 g/mol. The Morgan fingerprint density at radius 2 is 2.00 bits per heavy atom. The molecule has 3 rings (SSSR count). The number of nitrogens with one attached hydrogen (secondary N) is 1. The minimum absolute atomic E-state index is 0.152. The van der Waals surface area contributed by atoms with Gasteiger partial charge in [0.2, 0.25) is 11.1 Å². The van der Waals surface area contributed by atoms with Crippen molar-refractivity contribution in [3.63, 3.8) is 0 Å². The first kappa shape index (κ1) is 18.8. The Labute approximate surface area is 160 Å². The molecule has 1 aromatic carbocycles. The number of amides is 1. The van der Waals surface area contributed by atoms with E-state index in [1.807, 2.05) is 39.0 Å². The molecule has 1 amide bonds. The van der Waals surface area contributed by atoms with Gasteiger partial charge in [0.15, 0.2) is 0 Å². The fraction of sp³-hybridized carbons (Fsp3) is 0.294. The molecule has 0 aliphatic rings. The van der Waals surface area contributed by atoms with Crippen LogP contribution in [-0.4, -0.2) is 42.9 Å². The van der Waals surface area contributed by atoms with Gasteiger partial charge in [-0.25, -0.2) is 9.36 Å². The van der Waals surface area contributed by atoms with Crippen molar-refractivity contribution >= 4 is 23.4 Å². The lowest BCUT2D eigenvalue weighted by molar-refractivity contribution is -0.113. The molecule has 2 aromatic heterocycles. The summed E-state index contributed by atoms with van der Waals surface area (Å²) in [4.78, 5) is 12.2. The van der Waals surface area contributed by atoms with Crippen molar-refractivity contribution in [2.75, 3.05) is 23.5 Å². The lowest BCUT2D eigenvalue weighted by atomic mass is 10.3. The van der Waals surface area contributed by atoms with Gasteiger partial charge in [-0.2, -0.15) is 5.10 Å². The van der Waals surface area contributed by atoms with Gasteiger partial charge in [0.1, 0.15) is 5.75 Å². The normalized spacial score (nSPS) is 10.8. The molecule has 0 saturated heterocycles. The molecule has 0 unspecified atom stereocenters. The molecule has 3 N–H and O–H groups in total. The lowest BCUT2D eigenvalue weighted by Crippen LogP contribution is -2.18. The summed E-state index contributed by atoms with van der Waals surface area (Å²) in [6.07, 6.45) is 0. The molecule has 27 heavy (non-hydrogen) atoms. The predicted octanol–water partition coefficient (Wildman–Crippen LogP) is 1.92. The smallest absolute Gasteiger partial charge is 0.271 e. The highest BCUT2D eigenvalue weighted by Crippen LogP contribution is 2.19. The first-order valence-electron chi connectivity index (χ1n) is 8.37. The molecule has 0 aliphatic carbocycles. The summed E-state index contributed by atoms with van der Waals surface area (Å²) in [6.45, 7) is 6.32. The van der Waals surface area contributed by atoms with Crippen LogP contribution in [0.15, 0.2) is 35.5 Å². The SMILES string of the molecule is CCOc1ccc(NC(=O)CSc2nnc(-n3nc(C)cc3C)n2N)cc1. The first-order valence-corrected chi connectivity index (χ1v) is 9.36. The van der Waals surface area contributed by atoms with E-state index in [1.165, 1.54) is 16.4 Å². The summed E-state index contributed by atoms with van der Waals surface area (Å²) >= 11 is 1.20. The Bertz CT molecular complexity index is 933. The van der Waals surface area contributed by atoms with Crippen LogP contribution >= 0.6 is 11.8 Å². The van der Waals surface area contributed by atoms with E-state index < -0.39 is 0 Å². The number of aromatic nitrogens is 5. The van der Waals surface area contributed by atoms with Crippen LogP contribution in [0.25, 0.3) is 5.95 Å². The largest absolute Gasteiger partial charge is 0.494 e. The fourth-order valence-corrected chi connectivity index (χ4v) is 3.12. The Morgan fingerprint density at radius 1 is 1.26 bits per heavy atom. The van der Waals surface area contributed by atoms with E-state index in [9.17, 15) is 4.79 Å². The van der Waals surface area contributed by atoms with Crippen LogP contribution < -0.4 is 15.9 Å². The number of nitrogen functional groups attached to an aromatic ring is 1. The third-order valence-electron chi connectivity index (χ3n) is 3.63. The van der Waals surface area contributed by atoms with Gasteiger partial charge in [-0.15, -0.1) is 10.2 Å². The number of hydrogen-bond donors (Lipinski definition) is 2. The Hall–Kier alpha value is -3.01. The predicted molar refractivity (Wildman–Crippen MR) is 104 cm³/mol. The minimum Gasteiger partial charge on any atom is -0.494 e. The van der Waals surface area contributed by atoms with Gasteiger partial charge in [-0.05, 0) is 51.1 Å². The van der Waals surface area contributed by atoms with E-state index in [-0.39, 0.29) is 11.7 Å². The third-order valence-corrected chi connectivity index (χ3v) is 4.57. The van der Waals surface area contributed by atoms with Crippen LogP contribution in [0.2, 0.25) is 0 Å². The number of carbonyl (C=O) groups is 1. The van der Waals surface area contributed by atoms with Crippen molar-refractivity contribution in [1.82, 2.24) is 24.7 Å². The van der Waals surface area contributed by atoms with Crippen LogP contribution in [0.4, 0.5) is 5.69 Å².